The first-order valence-electron chi connectivity index (χ1n) is 11.7. The summed E-state index contributed by atoms with van der Waals surface area (Å²) in [7, 11) is 0. The molecule has 0 fully saturated rings. The van der Waals surface area contributed by atoms with Gasteiger partial charge in [0.05, 0.1) is 28.9 Å². The van der Waals surface area contributed by atoms with Gasteiger partial charge in [-0.1, -0.05) is 48.5 Å². The molecule has 37 heavy (non-hydrogen) atoms. The maximum Gasteiger partial charge on any atom is 0.263 e. The summed E-state index contributed by atoms with van der Waals surface area (Å²) in [6.45, 7) is 4.11. The summed E-state index contributed by atoms with van der Waals surface area (Å²) >= 11 is 0. The molecule has 3 aromatic carbocycles. The molecular weight excluding hydrogens is 467 g/mol. The fourth-order valence-electron chi connectivity index (χ4n) is 4.54. The van der Waals surface area contributed by atoms with Gasteiger partial charge in [-0.3, -0.25) is 14.8 Å². The highest BCUT2D eigenvalue weighted by Crippen LogP contribution is 2.25. The maximum absolute atomic E-state index is 13.8. The Morgan fingerprint density at radius 2 is 1.76 bits per heavy atom. The van der Waals surface area contributed by atoms with Crippen molar-refractivity contribution in [1.82, 2.24) is 14.5 Å². The van der Waals surface area contributed by atoms with Crippen LogP contribution in [0.25, 0.3) is 16.5 Å². The smallest absolute Gasteiger partial charge is 0.263 e. The second-order valence-corrected chi connectivity index (χ2v) is 8.82. The Balaban J connectivity index is 1.62. The van der Waals surface area contributed by atoms with Crippen LogP contribution in [0.3, 0.4) is 0 Å². The first-order chi connectivity index (χ1) is 17.8. The lowest BCUT2D eigenvalue weighted by molar-refractivity contribution is 0.627. The number of para-hydroxylation sites is 1. The minimum Gasteiger partial charge on any atom is -0.383 e. The molecule has 0 aliphatic heterocycles. The summed E-state index contributed by atoms with van der Waals surface area (Å²) in [5.41, 5.74) is 9.97. The highest BCUT2D eigenvalue weighted by atomic mass is 19.1. The number of benzene rings is 3. The van der Waals surface area contributed by atoms with Crippen molar-refractivity contribution in [2.24, 2.45) is 0 Å². The molecule has 0 atom stereocenters. The van der Waals surface area contributed by atoms with Gasteiger partial charge in [-0.2, -0.15) is 0 Å². The lowest BCUT2D eigenvalue weighted by Gasteiger charge is -2.19. The molecular formula is C29H25FN6O. The number of halogens is 1. The van der Waals surface area contributed by atoms with Gasteiger partial charge in [0.1, 0.15) is 23.8 Å². The fourth-order valence-corrected chi connectivity index (χ4v) is 4.54. The van der Waals surface area contributed by atoms with E-state index in [1.807, 2.05) is 62.4 Å². The molecule has 0 aliphatic rings. The van der Waals surface area contributed by atoms with E-state index >= 15 is 0 Å². The number of hydrogen-bond donors (Lipinski definition) is 3. The van der Waals surface area contributed by atoms with E-state index in [0.29, 0.717) is 22.5 Å². The molecule has 5 rings (SSSR count). The first-order valence-corrected chi connectivity index (χ1v) is 11.7. The zero-order chi connectivity index (χ0) is 26.1. The second kappa shape index (κ2) is 9.66. The number of aryl methyl sites for hydroxylation is 2. The quantitative estimate of drug-likeness (QED) is 0.284. The van der Waals surface area contributed by atoms with Crippen molar-refractivity contribution in [3.05, 3.63) is 123 Å². The van der Waals surface area contributed by atoms with Crippen LogP contribution in [0.5, 0.6) is 0 Å². The molecule has 7 nitrogen and oxygen atoms in total. The van der Waals surface area contributed by atoms with E-state index in [9.17, 15) is 9.18 Å². The summed E-state index contributed by atoms with van der Waals surface area (Å²) in [4.78, 5) is 22.2. The van der Waals surface area contributed by atoms with Gasteiger partial charge < -0.3 is 11.1 Å². The molecule has 0 radical (unpaired) electrons. The highest BCUT2D eigenvalue weighted by Gasteiger charge is 2.19. The molecule has 0 bridgehead atoms. The summed E-state index contributed by atoms with van der Waals surface area (Å²) < 4.78 is 15.5. The van der Waals surface area contributed by atoms with Crippen molar-refractivity contribution in [2.45, 2.75) is 20.4 Å². The van der Waals surface area contributed by atoms with Crippen LogP contribution in [-0.2, 0) is 6.54 Å². The van der Waals surface area contributed by atoms with Crippen LogP contribution in [0.4, 0.5) is 16.0 Å². The van der Waals surface area contributed by atoms with Gasteiger partial charge in [-0.25, -0.2) is 14.4 Å². The minimum atomic E-state index is -0.458. The Morgan fingerprint density at radius 3 is 2.54 bits per heavy atom. The van der Waals surface area contributed by atoms with Gasteiger partial charge in [0.15, 0.2) is 0 Å². The van der Waals surface area contributed by atoms with E-state index in [0.717, 1.165) is 22.2 Å². The number of anilines is 2. The lowest BCUT2D eigenvalue weighted by Crippen LogP contribution is -2.25. The monoisotopic (exact) mass is 492 g/mol. The molecule has 0 unspecified atom stereocenters. The zero-order valence-electron chi connectivity index (χ0n) is 20.4. The largest absolute Gasteiger partial charge is 0.383 e. The number of nitrogens with zero attached hydrogens (tertiary/aromatic N) is 3. The Labute approximate surface area is 213 Å². The van der Waals surface area contributed by atoms with E-state index in [-0.39, 0.29) is 29.2 Å². The third kappa shape index (κ3) is 4.45. The van der Waals surface area contributed by atoms with E-state index in [2.05, 4.69) is 15.3 Å². The van der Waals surface area contributed by atoms with Gasteiger partial charge in [-0.15, -0.1) is 0 Å². The second-order valence-electron chi connectivity index (χ2n) is 8.82. The van der Waals surface area contributed by atoms with Crippen molar-refractivity contribution in [1.29, 1.82) is 5.41 Å². The normalized spacial score (nSPS) is 11.0. The number of pyridine rings is 1. The summed E-state index contributed by atoms with van der Waals surface area (Å²) in [6, 6.07) is 21.2. The predicted molar refractivity (Wildman–Crippen MR) is 145 cm³/mol. The molecule has 0 saturated carbocycles. The maximum atomic E-state index is 13.8. The van der Waals surface area contributed by atoms with Crippen molar-refractivity contribution < 1.29 is 4.39 Å². The van der Waals surface area contributed by atoms with E-state index in [1.54, 1.807) is 10.6 Å². The van der Waals surface area contributed by atoms with Crippen LogP contribution < -0.4 is 16.6 Å². The summed E-state index contributed by atoms with van der Waals surface area (Å²) in [5.74, 6) is -0.0482. The average molecular weight is 493 g/mol. The standard InChI is InChI=1S/C29H25FN6O/c1-17-7-3-4-12-23(17)36-22(14-19-9-5-8-18(2)24(19)29(36)37)15-33-28-25(27(32)34-16-35-28)26(31)20-10-6-11-21(30)13-20/h3-14,16,31H,15H2,1-2H3,(H3,32,33,34,35). The van der Waals surface area contributed by atoms with Gasteiger partial charge in [-0.05, 0) is 54.6 Å². The third-order valence-corrected chi connectivity index (χ3v) is 6.36. The molecule has 4 N–H and O–H groups in total. The highest BCUT2D eigenvalue weighted by molar-refractivity contribution is 6.16. The average Bonchev–Trinajstić information content (AvgIpc) is 2.88. The van der Waals surface area contributed by atoms with Crippen LogP contribution >= 0.6 is 0 Å². The summed E-state index contributed by atoms with van der Waals surface area (Å²) in [5, 5.41) is 13.4. The number of fused-ring (bicyclic) bond motifs is 1. The Bertz CT molecular complexity index is 1730. The van der Waals surface area contributed by atoms with Crippen LogP contribution in [0, 0.1) is 25.1 Å². The van der Waals surface area contributed by atoms with Gasteiger partial charge in [0.25, 0.3) is 5.56 Å². The molecule has 184 valence electrons. The number of aromatic nitrogens is 3. The number of rotatable bonds is 6. The van der Waals surface area contributed by atoms with Crippen LogP contribution in [-0.4, -0.2) is 20.2 Å². The Kier molecular flexibility index (Phi) is 6.23. The number of nitrogen functional groups attached to an aromatic ring is 1. The third-order valence-electron chi connectivity index (χ3n) is 6.36. The zero-order valence-corrected chi connectivity index (χ0v) is 20.4. The number of hydrogen-bond acceptors (Lipinski definition) is 6. The Morgan fingerprint density at radius 1 is 1.00 bits per heavy atom. The molecule has 0 saturated heterocycles. The lowest BCUT2D eigenvalue weighted by atomic mass is 10.0. The van der Waals surface area contributed by atoms with Crippen molar-refractivity contribution >= 4 is 28.1 Å². The summed E-state index contributed by atoms with van der Waals surface area (Å²) in [6.07, 6.45) is 1.30. The van der Waals surface area contributed by atoms with Gasteiger partial charge >= 0.3 is 0 Å². The van der Waals surface area contributed by atoms with Crippen molar-refractivity contribution in [2.75, 3.05) is 11.1 Å². The molecule has 5 aromatic rings. The van der Waals surface area contributed by atoms with Crippen molar-refractivity contribution in [3.63, 3.8) is 0 Å². The first kappa shape index (κ1) is 23.9. The van der Waals surface area contributed by atoms with Gasteiger partial charge in [0, 0.05) is 11.3 Å². The molecule has 2 heterocycles. The van der Waals surface area contributed by atoms with Crippen LogP contribution in [0.2, 0.25) is 0 Å². The minimum absolute atomic E-state index is 0.00877. The van der Waals surface area contributed by atoms with E-state index in [1.165, 1.54) is 24.5 Å². The van der Waals surface area contributed by atoms with Gasteiger partial charge in [0.2, 0.25) is 0 Å². The van der Waals surface area contributed by atoms with Crippen LogP contribution in [0.1, 0.15) is 27.9 Å². The molecule has 8 heteroatoms. The molecule has 0 amide bonds. The Hall–Kier alpha value is -4.85. The van der Waals surface area contributed by atoms with E-state index in [4.69, 9.17) is 11.1 Å². The number of nitrogens with two attached hydrogens (primary N) is 1. The SMILES string of the molecule is Cc1ccccc1-n1c(CNc2ncnc(N)c2C(=N)c2cccc(F)c2)cc2cccc(C)c2c1=O. The van der Waals surface area contributed by atoms with Crippen molar-refractivity contribution in [3.8, 4) is 5.69 Å². The number of nitrogens with one attached hydrogen (secondary N) is 2. The van der Waals surface area contributed by atoms with E-state index < -0.39 is 5.82 Å². The molecule has 2 aromatic heterocycles. The van der Waals surface area contributed by atoms with Crippen LogP contribution in [0.15, 0.2) is 83.9 Å². The fraction of sp³-hybridized carbons (Fsp3) is 0.103. The predicted octanol–water partition coefficient (Wildman–Crippen LogP) is 5.15. The molecule has 0 spiro atoms. The topological polar surface area (TPSA) is 110 Å². The molecule has 0 aliphatic carbocycles.